The molecular formula is C16H14ClN3O3. The fraction of sp³-hybridized carbons (Fsp3) is 0.0625. The third-order valence-corrected chi connectivity index (χ3v) is 3.06. The van der Waals surface area contributed by atoms with Gasteiger partial charge in [-0.2, -0.15) is 5.10 Å². The number of benzene rings is 2. The lowest BCUT2D eigenvalue weighted by atomic mass is 10.2. The van der Waals surface area contributed by atoms with Gasteiger partial charge in [0.15, 0.2) is 0 Å². The summed E-state index contributed by atoms with van der Waals surface area (Å²) in [7, 11) is 0. The van der Waals surface area contributed by atoms with E-state index in [-0.39, 0.29) is 18.2 Å². The second kappa shape index (κ2) is 7.95. The van der Waals surface area contributed by atoms with E-state index in [0.29, 0.717) is 16.1 Å². The lowest BCUT2D eigenvalue weighted by Crippen LogP contribution is -2.34. The van der Waals surface area contributed by atoms with Gasteiger partial charge in [0.05, 0.1) is 12.8 Å². The number of rotatable bonds is 5. The number of carbonyl (C=O) groups excluding carboxylic acids is 2. The fourth-order valence-corrected chi connectivity index (χ4v) is 1.77. The number of nitrogens with zero attached hydrogens (tertiary/aromatic N) is 1. The molecule has 3 N–H and O–H groups in total. The smallest absolute Gasteiger partial charge is 0.259 e. The number of nitrogens with one attached hydrogen (secondary N) is 2. The second-order valence-corrected chi connectivity index (χ2v) is 5.01. The van der Waals surface area contributed by atoms with E-state index in [1.807, 2.05) is 0 Å². The number of phenols is 1. The highest BCUT2D eigenvalue weighted by atomic mass is 35.5. The van der Waals surface area contributed by atoms with Crippen LogP contribution in [0.1, 0.15) is 15.9 Å². The third-order valence-electron chi connectivity index (χ3n) is 2.81. The summed E-state index contributed by atoms with van der Waals surface area (Å²) < 4.78 is 0. The quantitative estimate of drug-likeness (QED) is 0.577. The van der Waals surface area contributed by atoms with E-state index in [1.54, 1.807) is 36.4 Å². The largest absolute Gasteiger partial charge is 0.508 e. The Hall–Kier alpha value is -2.86. The number of hydrogen-bond donors (Lipinski definition) is 3. The van der Waals surface area contributed by atoms with E-state index in [2.05, 4.69) is 15.8 Å². The van der Waals surface area contributed by atoms with E-state index >= 15 is 0 Å². The van der Waals surface area contributed by atoms with Gasteiger partial charge in [0.1, 0.15) is 5.75 Å². The molecule has 6 nitrogen and oxygen atoms in total. The summed E-state index contributed by atoms with van der Waals surface area (Å²) in [6.07, 6.45) is 1.43. The number of hydrazone groups is 1. The molecule has 0 bridgehead atoms. The van der Waals surface area contributed by atoms with Crippen molar-refractivity contribution in [2.24, 2.45) is 5.10 Å². The SMILES string of the molecule is O=C(CNC(=O)c1ccc(Cl)cc1)N/N=C\c1ccc(O)cc1. The molecule has 0 aromatic heterocycles. The summed E-state index contributed by atoms with van der Waals surface area (Å²) in [5.74, 6) is -0.683. The van der Waals surface area contributed by atoms with Gasteiger partial charge in [-0.1, -0.05) is 11.6 Å². The molecule has 7 heteroatoms. The van der Waals surface area contributed by atoms with Crippen molar-refractivity contribution in [1.29, 1.82) is 0 Å². The Bertz CT molecular complexity index is 712. The Balaban J connectivity index is 1.77. The Morgan fingerprint density at radius 1 is 1.09 bits per heavy atom. The predicted octanol–water partition coefficient (Wildman–Crippen LogP) is 1.93. The average Bonchev–Trinajstić information content (AvgIpc) is 2.55. The Morgan fingerprint density at radius 2 is 1.74 bits per heavy atom. The van der Waals surface area contributed by atoms with Gasteiger partial charge in [-0.05, 0) is 54.1 Å². The molecule has 0 radical (unpaired) electrons. The number of hydrogen-bond acceptors (Lipinski definition) is 4. The first-order chi connectivity index (χ1) is 11.0. The number of halogens is 1. The number of phenolic OH excluding ortho intramolecular Hbond substituents is 1. The minimum atomic E-state index is -0.456. The Morgan fingerprint density at radius 3 is 2.39 bits per heavy atom. The first-order valence-electron chi connectivity index (χ1n) is 6.69. The van der Waals surface area contributed by atoms with Crippen molar-refractivity contribution in [2.45, 2.75) is 0 Å². The molecule has 0 spiro atoms. The molecule has 0 heterocycles. The Kier molecular flexibility index (Phi) is 5.71. The molecule has 0 fully saturated rings. The van der Waals surface area contributed by atoms with Crippen LogP contribution in [0.25, 0.3) is 0 Å². The number of amides is 2. The molecule has 2 amide bonds. The summed E-state index contributed by atoms with van der Waals surface area (Å²) in [5.41, 5.74) is 3.42. The highest BCUT2D eigenvalue weighted by Crippen LogP contribution is 2.09. The maximum atomic E-state index is 11.8. The predicted molar refractivity (Wildman–Crippen MR) is 87.6 cm³/mol. The average molecular weight is 332 g/mol. The summed E-state index contributed by atoms with van der Waals surface area (Å²) in [5, 5.41) is 15.9. The van der Waals surface area contributed by atoms with E-state index < -0.39 is 5.91 Å². The van der Waals surface area contributed by atoms with Gasteiger partial charge in [0, 0.05) is 10.6 Å². The highest BCUT2D eigenvalue weighted by Gasteiger charge is 2.07. The van der Waals surface area contributed by atoms with Gasteiger partial charge in [0.25, 0.3) is 11.8 Å². The van der Waals surface area contributed by atoms with E-state index in [4.69, 9.17) is 16.7 Å². The zero-order valence-electron chi connectivity index (χ0n) is 12.0. The monoisotopic (exact) mass is 331 g/mol. The summed E-state index contributed by atoms with van der Waals surface area (Å²) in [4.78, 5) is 23.4. The zero-order chi connectivity index (χ0) is 16.7. The van der Waals surface area contributed by atoms with Crippen molar-refractivity contribution < 1.29 is 14.7 Å². The van der Waals surface area contributed by atoms with Crippen LogP contribution < -0.4 is 10.7 Å². The molecule has 2 aromatic rings. The van der Waals surface area contributed by atoms with Crippen LogP contribution in [0.3, 0.4) is 0 Å². The zero-order valence-corrected chi connectivity index (χ0v) is 12.7. The van der Waals surface area contributed by atoms with Gasteiger partial charge in [-0.25, -0.2) is 5.43 Å². The molecule has 0 saturated carbocycles. The lowest BCUT2D eigenvalue weighted by molar-refractivity contribution is -0.120. The minimum absolute atomic E-state index is 0.149. The third kappa shape index (κ3) is 5.44. The van der Waals surface area contributed by atoms with Crippen LogP contribution >= 0.6 is 11.6 Å². The number of carbonyl (C=O) groups is 2. The van der Waals surface area contributed by atoms with Crippen molar-refractivity contribution >= 4 is 29.6 Å². The van der Waals surface area contributed by atoms with Crippen molar-refractivity contribution in [1.82, 2.24) is 10.7 Å². The first-order valence-corrected chi connectivity index (χ1v) is 7.07. The van der Waals surface area contributed by atoms with Crippen LogP contribution in [0, 0.1) is 0 Å². The molecule has 0 saturated heterocycles. The molecule has 118 valence electrons. The molecule has 23 heavy (non-hydrogen) atoms. The normalized spacial score (nSPS) is 10.5. The second-order valence-electron chi connectivity index (χ2n) is 4.57. The van der Waals surface area contributed by atoms with Crippen LogP contribution in [0.5, 0.6) is 5.75 Å². The summed E-state index contributed by atoms with van der Waals surface area (Å²) >= 11 is 5.73. The van der Waals surface area contributed by atoms with Gasteiger partial charge in [-0.3, -0.25) is 9.59 Å². The maximum absolute atomic E-state index is 11.8. The standard InChI is InChI=1S/C16H14ClN3O3/c17-13-5-3-12(4-6-13)16(23)18-10-15(22)20-19-9-11-1-7-14(21)8-2-11/h1-9,21H,10H2,(H,18,23)(H,20,22)/b19-9-. The minimum Gasteiger partial charge on any atom is -0.508 e. The van der Waals surface area contributed by atoms with Crippen LogP contribution in [0.15, 0.2) is 53.6 Å². The number of aromatic hydroxyl groups is 1. The molecule has 0 unspecified atom stereocenters. The molecule has 0 aliphatic rings. The summed E-state index contributed by atoms with van der Waals surface area (Å²) in [6.45, 7) is -0.200. The first kappa shape index (κ1) is 16.5. The van der Waals surface area contributed by atoms with E-state index in [1.165, 1.54) is 18.3 Å². The van der Waals surface area contributed by atoms with Crippen LogP contribution in [0.2, 0.25) is 5.02 Å². The van der Waals surface area contributed by atoms with Crippen molar-refractivity contribution in [3.05, 3.63) is 64.7 Å². The lowest BCUT2D eigenvalue weighted by Gasteiger charge is -2.04. The summed E-state index contributed by atoms with van der Waals surface area (Å²) in [6, 6.07) is 12.6. The van der Waals surface area contributed by atoms with Crippen LogP contribution in [-0.4, -0.2) is 29.7 Å². The highest BCUT2D eigenvalue weighted by molar-refractivity contribution is 6.30. The molecule has 0 aliphatic heterocycles. The van der Waals surface area contributed by atoms with Gasteiger partial charge < -0.3 is 10.4 Å². The van der Waals surface area contributed by atoms with Crippen LogP contribution in [-0.2, 0) is 4.79 Å². The van der Waals surface area contributed by atoms with Gasteiger partial charge in [-0.15, -0.1) is 0 Å². The molecular weight excluding hydrogens is 318 g/mol. The van der Waals surface area contributed by atoms with E-state index in [0.717, 1.165) is 0 Å². The molecule has 0 aliphatic carbocycles. The van der Waals surface area contributed by atoms with Crippen molar-refractivity contribution in [3.8, 4) is 5.75 Å². The van der Waals surface area contributed by atoms with Gasteiger partial charge in [0.2, 0.25) is 0 Å². The van der Waals surface area contributed by atoms with E-state index in [9.17, 15) is 9.59 Å². The van der Waals surface area contributed by atoms with Crippen molar-refractivity contribution in [3.63, 3.8) is 0 Å². The Labute approximate surface area is 137 Å². The molecule has 2 rings (SSSR count). The maximum Gasteiger partial charge on any atom is 0.259 e. The molecule has 2 aromatic carbocycles. The van der Waals surface area contributed by atoms with Gasteiger partial charge >= 0.3 is 0 Å². The fourth-order valence-electron chi connectivity index (χ4n) is 1.64. The van der Waals surface area contributed by atoms with Crippen molar-refractivity contribution in [2.75, 3.05) is 6.54 Å². The van der Waals surface area contributed by atoms with Crippen LogP contribution in [0.4, 0.5) is 0 Å². The molecule has 0 atom stereocenters. The topological polar surface area (TPSA) is 90.8 Å².